The van der Waals surface area contributed by atoms with E-state index < -0.39 is 5.60 Å². The van der Waals surface area contributed by atoms with Crippen LogP contribution in [0.15, 0.2) is 23.0 Å². The SMILES string of the molecule is CN(Cc1ccoc1)CC1(O)CCCCC1. The van der Waals surface area contributed by atoms with Gasteiger partial charge in [0.05, 0.1) is 18.1 Å². The standard InChI is InChI=1S/C13H21NO2/c1-14(9-12-5-8-16-10-12)11-13(15)6-3-2-4-7-13/h5,8,10,15H,2-4,6-7,9,11H2,1H3. The molecule has 1 N–H and O–H groups in total. The van der Waals surface area contributed by atoms with Gasteiger partial charge in [-0.05, 0) is 26.0 Å². The maximum Gasteiger partial charge on any atom is 0.0947 e. The molecule has 1 aromatic heterocycles. The van der Waals surface area contributed by atoms with E-state index in [1.165, 1.54) is 12.0 Å². The highest BCUT2D eigenvalue weighted by molar-refractivity contribution is 5.05. The molecule has 16 heavy (non-hydrogen) atoms. The Hall–Kier alpha value is -0.800. The second-order valence-electron chi connectivity index (χ2n) is 5.09. The zero-order valence-corrected chi connectivity index (χ0v) is 9.98. The van der Waals surface area contributed by atoms with Crippen molar-refractivity contribution >= 4 is 0 Å². The van der Waals surface area contributed by atoms with Gasteiger partial charge in [0.25, 0.3) is 0 Å². The van der Waals surface area contributed by atoms with Gasteiger partial charge in [0.2, 0.25) is 0 Å². The van der Waals surface area contributed by atoms with Crippen molar-refractivity contribution in [1.82, 2.24) is 4.90 Å². The predicted molar refractivity (Wildman–Crippen MR) is 63.1 cm³/mol. The highest BCUT2D eigenvalue weighted by Gasteiger charge is 2.30. The molecule has 0 radical (unpaired) electrons. The highest BCUT2D eigenvalue weighted by atomic mass is 16.3. The quantitative estimate of drug-likeness (QED) is 0.851. The van der Waals surface area contributed by atoms with E-state index >= 15 is 0 Å². The fourth-order valence-corrected chi connectivity index (χ4v) is 2.62. The summed E-state index contributed by atoms with van der Waals surface area (Å²) in [6.07, 6.45) is 8.95. The fourth-order valence-electron chi connectivity index (χ4n) is 2.62. The average molecular weight is 223 g/mol. The van der Waals surface area contributed by atoms with Crippen LogP contribution >= 0.6 is 0 Å². The zero-order chi connectivity index (χ0) is 11.4. The molecule has 90 valence electrons. The Kier molecular flexibility index (Phi) is 3.66. The van der Waals surface area contributed by atoms with Crippen LogP contribution in [0.2, 0.25) is 0 Å². The fraction of sp³-hybridized carbons (Fsp3) is 0.692. The van der Waals surface area contributed by atoms with Crippen LogP contribution in [0.4, 0.5) is 0 Å². The second-order valence-corrected chi connectivity index (χ2v) is 5.09. The summed E-state index contributed by atoms with van der Waals surface area (Å²) in [4.78, 5) is 2.18. The first-order valence-corrected chi connectivity index (χ1v) is 6.10. The third-order valence-corrected chi connectivity index (χ3v) is 3.38. The lowest BCUT2D eigenvalue weighted by Crippen LogP contribution is -2.42. The summed E-state index contributed by atoms with van der Waals surface area (Å²) in [6, 6.07) is 1.97. The molecule has 3 nitrogen and oxygen atoms in total. The van der Waals surface area contributed by atoms with E-state index in [1.807, 2.05) is 6.07 Å². The molecule has 2 rings (SSSR count). The van der Waals surface area contributed by atoms with Crippen molar-refractivity contribution in [2.24, 2.45) is 0 Å². The summed E-state index contributed by atoms with van der Waals surface area (Å²) >= 11 is 0. The minimum Gasteiger partial charge on any atom is -0.472 e. The topological polar surface area (TPSA) is 36.6 Å². The zero-order valence-electron chi connectivity index (χ0n) is 9.98. The van der Waals surface area contributed by atoms with Crippen LogP contribution in [0, 0.1) is 0 Å². The third kappa shape index (κ3) is 3.09. The molecule has 1 fully saturated rings. The van der Waals surface area contributed by atoms with Gasteiger partial charge >= 0.3 is 0 Å². The van der Waals surface area contributed by atoms with E-state index in [4.69, 9.17) is 4.42 Å². The number of furan rings is 1. The Bertz CT molecular complexity index is 302. The molecule has 3 heteroatoms. The lowest BCUT2D eigenvalue weighted by molar-refractivity contribution is -0.0224. The summed E-state index contributed by atoms with van der Waals surface area (Å²) in [5.41, 5.74) is 0.707. The van der Waals surface area contributed by atoms with Gasteiger partial charge in [0, 0.05) is 18.7 Å². The van der Waals surface area contributed by atoms with Gasteiger partial charge in [-0.25, -0.2) is 0 Å². The van der Waals surface area contributed by atoms with Crippen molar-refractivity contribution in [3.8, 4) is 0 Å². The Morgan fingerprint density at radius 1 is 1.38 bits per heavy atom. The molecule has 0 atom stereocenters. The van der Waals surface area contributed by atoms with Gasteiger partial charge in [-0.2, -0.15) is 0 Å². The number of aliphatic hydroxyl groups is 1. The van der Waals surface area contributed by atoms with Gasteiger partial charge in [-0.15, -0.1) is 0 Å². The Morgan fingerprint density at radius 2 is 2.12 bits per heavy atom. The van der Waals surface area contributed by atoms with Gasteiger partial charge in [0.1, 0.15) is 0 Å². The van der Waals surface area contributed by atoms with Crippen molar-refractivity contribution in [2.75, 3.05) is 13.6 Å². The summed E-state index contributed by atoms with van der Waals surface area (Å²) in [5.74, 6) is 0. The molecule has 1 saturated carbocycles. The molecule has 1 aromatic rings. The van der Waals surface area contributed by atoms with Gasteiger partial charge < -0.3 is 9.52 Å². The van der Waals surface area contributed by atoms with Crippen molar-refractivity contribution in [3.05, 3.63) is 24.2 Å². The molecule has 1 aliphatic carbocycles. The Balaban J connectivity index is 1.84. The van der Waals surface area contributed by atoms with Crippen LogP contribution < -0.4 is 0 Å². The minimum atomic E-state index is -0.462. The molecule has 0 aliphatic heterocycles. The van der Waals surface area contributed by atoms with Gasteiger partial charge in [0.15, 0.2) is 0 Å². The second kappa shape index (κ2) is 5.02. The third-order valence-electron chi connectivity index (χ3n) is 3.38. The normalized spacial score (nSPS) is 20.2. The lowest BCUT2D eigenvalue weighted by atomic mass is 9.84. The van der Waals surface area contributed by atoms with E-state index in [0.29, 0.717) is 0 Å². The number of rotatable bonds is 4. The van der Waals surface area contributed by atoms with Crippen LogP contribution in [-0.4, -0.2) is 29.2 Å². The molecular weight excluding hydrogens is 202 g/mol. The number of likely N-dealkylation sites (N-methyl/N-ethyl adjacent to an activating group) is 1. The number of hydrogen-bond acceptors (Lipinski definition) is 3. The van der Waals surface area contributed by atoms with Gasteiger partial charge in [-0.3, -0.25) is 4.90 Å². The van der Waals surface area contributed by atoms with Crippen molar-refractivity contribution in [1.29, 1.82) is 0 Å². The molecule has 0 aromatic carbocycles. The molecule has 0 saturated heterocycles. The van der Waals surface area contributed by atoms with Crippen LogP contribution in [0.3, 0.4) is 0 Å². The van der Waals surface area contributed by atoms with E-state index in [1.54, 1.807) is 12.5 Å². The van der Waals surface area contributed by atoms with Crippen molar-refractivity contribution in [2.45, 2.75) is 44.2 Å². The van der Waals surface area contributed by atoms with Crippen LogP contribution in [0.1, 0.15) is 37.7 Å². The van der Waals surface area contributed by atoms with Crippen LogP contribution in [0.25, 0.3) is 0 Å². The Labute approximate surface area is 97.1 Å². The molecule has 1 aliphatic rings. The Morgan fingerprint density at radius 3 is 2.75 bits per heavy atom. The largest absolute Gasteiger partial charge is 0.472 e. The number of hydrogen-bond donors (Lipinski definition) is 1. The first-order chi connectivity index (χ1) is 7.68. The lowest BCUT2D eigenvalue weighted by Gasteiger charge is -2.35. The minimum absolute atomic E-state index is 0.462. The summed E-state index contributed by atoms with van der Waals surface area (Å²) in [7, 11) is 2.06. The number of nitrogens with zero attached hydrogens (tertiary/aromatic N) is 1. The first-order valence-electron chi connectivity index (χ1n) is 6.10. The van der Waals surface area contributed by atoms with E-state index in [9.17, 15) is 5.11 Å². The summed E-state index contributed by atoms with van der Waals surface area (Å²) in [6.45, 7) is 1.61. The average Bonchev–Trinajstić information content (AvgIpc) is 2.70. The molecule has 1 heterocycles. The van der Waals surface area contributed by atoms with Crippen LogP contribution in [-0.2, 0) is 6.54 Å². The van der Waals surface area contributed by atoms with E-state index in [2.05, 4.69) is 11.9 Å². The molecule has 0 amide bonds. The van der Waals surface area contributed by atoms with Crippen molar-refractivity contribution < 1.29 is 9.52 Å². The predicted octanol–water partition coefficient (Wildman–Crippen LogP) is 2.41. The van der Waals surface area contributed by atoms with Crippen molar-refractivity contribution in [3.63, 3.8) is 0 Å². The molecular formula is C13H21NO2. The summed E-state index contributed by atoms with van der Waals surface area (Å²) < 4.78 is 5.04. The maximum absolute atomic E-state index is 10.4. The van der Waals surface area contributed by atoms with E-state index in [-0.39, 0.29) is 0 Å². The first kappa shape index (κ1) is 11.7. The maximum atomic E-state index is 10.4. The van der Waals surface area contributed by atoms with E-state index in [0.717, 1.165) is 38.8 Å². The monoisotopic (exact) mass is 223 g/mol. The molecule has 0 spiro atoms. The molecule has 0 unspecified atom stereocenters. The smallest absolute Gasteiger partial charge is 0.0947 e. The van der Waals surface area contributed by atoms with Crippen LogP contribution in [0.5, 0.6) is 0 Å². The molecule has 0 bridgehead atoms. The van der Waals surface area contributed by atoms with Gasteiger partial charge in [-0.1, -0.05) is 19.3 Å². The summed E-state index contributed by atoms with van der Waals surface area (Å²) in [5, 5.41) is 10.4. The highest BCUT2D eigenvalue weighted by Crippen LogP contribution is 2.28.